The van der Waals surface area contributed by atoms with E-state index in [0.29, 0.717) is 157 Å². The summed E-state index contributed by atoms with van der Waals surface area (Å²) in [5, 5.41) is 24.1. The number of anilines is 6. The number of phosphoric acid groups is 1. The Labute approximate surface area is 895 Å². The molecule has 7 aliphatic rings. The summed E-state index contributed by atoms with van der Waals surface area (Å²) in [7, 11) is 3.99. The Hall–Kier alpha value is -7.85. The van der Waals surface area contributed by atoms with Gasteiger partial charge in [0.2, 0.25) is 5.91 Å². The van der Waals surface area contributed by atoms with E-state index in [2.05, 4.69) is 192 Å². The van der Waals surface area contributed by atoms with Crippen molar-refractivity contribution in [3.05, 3.63) is 177 Å². The van der Waals surface area contributed by atoms with Crippen LogP contribution < -0.4 is 61.7 Å². The average molecular weight is 2660 g/mol. The van der Waals surface area contributed by atoms with Gasteiger partial charge in [-0.2, -0.15) is 0 Å². The average Bonchev–Trinajstić information content (AvgIpc) is 1.59. The Morgan fingerprint density at radius 1 is 0.511 bits per heavy atom. The van der Waals surface area contributed by atoms with Crippen molar-refractivity contribution in [1.29, 1.82) is 2.56 Å². The first-order valence-electron chi connectivity index (χ1n) is 47.7. The smallest absolute Gasteiger partial charge is 0.319 e. The van der Waals surface area contributed by atoms with Crippen molar-refractivity contribution in [1.82, 2.24) is 45.9 Å². The van der Waals surface area contributed by atoms with E-state index in [1.54, 1.807) is 35.5 Å². The van der Waals surface area contributed by atoms with Gasteiger partial charge in [-0.25, -0.2) is 9.59 Å². The summed E-state index contributed by atoms with van der Waals surface area (Å²) >= 11 is 13.5. The first kappa shape index (κ1) is 103. The SMILES string of the molecule is CCC(CCCCNC(=O)c1cc2c3c(ccc2[nH]1)N(C(=O)c1cc2c4c(ccc2[nH]1)N(C(=O)c1cc2c5c(ccc2[nH]1)N(C(N)=O)CC5)CC4)CC3)OC(=O)CCC(=O)NC.[2H]P(I)(I)(I)CC.[2H]P(I)(I)(I)CC.[B]C1CC(OP(=O)([O-])OCC(O)CCCCNC(=O)c2cc3c4c(ccc3[nH]2)N(C(=O)c2cc3c5c(ccc3[nH]2)N(C(=O)c2cc3c6c(ccc3[nH]2)N(C(N)=O)CC6)CC5)CC4)C(COC)O1. The summed E-state index contributed by atoms with van der Waals surface area (Å²) in [5.74, 6) is -1.76. The first-order chi connectivity index (χ1) is 67.9. The van der Waals surface area contributed by atoms with Gasteiger partial charge in [0.05, 0.1) is 31.8 Å². The minimum absolute atomic E-state index is 0.0461. The number of carbonyl (C=O) groups is 10. The Bertz CT molecular complexity index is 7040. The fourth-order valence-electron chi connectivity index (χ4n) is 19.4. The van der Waals surface area contributed by atoms with Gasteiger partial charge in [-0.1, -0.05) is 6.92 Å². The molecule has 748 valence electrons. The van der Waals surface area contributed by atoms with Crippen LogP contribution in [0.1, 0.15) is 181 Å². The van der Waals surface area contributed by atoms with Crippen LogP contribution in [0.4, 0.5) is 43.7 Å². The summed E-state index contributed by atoms with van der Waals surface area (Å²) in [4.78, 5) is 172. The molecule has 11 amide bonds. The molecular weight excluding hydrogens is 2540 g/mol. The van der Waals surface area contributed by atoms with Crippen LogP contribution in [0.25, 0.3) is 65.4 Å². The number of H-pyrrole nitrogens is 6. The zero-order chi connectivity index (χ0) is 102. The Morgan fingerprint density at radius 3 is 1.13 bits per heavy atom. The topological polar surface area (TPSA) is 480 Å². The normalized spacial score (nSPS) is 17.8. The maximum Gasteiger partial charge on any atom is 0.319 e. The van der Waals surface area contributed by atoms with Gasteiger partial charge >= 0.3 is 179 Å². The summed E-state index contributed by atoms with van der Waals surface area (Å²) in [6.07, 6.45) is 7.36. The van der Waals surface area contributed by atoms with Crippen molar-refractivity contribution in [2.45, 2.75) is 154 Å². The quantitative estimate of drug-likeness (QED) is 0.00654. The number of amides is 11. The number of aromatic amines is 6. The summed E-state index contributed by atoms with van der Waals surface area (Å²) in [6.45, 7) is 9.43. The second-order valence-corrected chi connectivity index (χ2v) is 103. The van der Waals surface area contributed by atoms with E-state index in [1.165, 1.54) is 14.2 Å². The van der Waals surface area contributed by atoms with E-state index >= 15 is 0 Å². The number of rotatable bonds is 30. The van der Waals surface area contributed by atoms with Crippen molar-refractivity contribution in [3.63, 3.8) is 0 Å². The molecule has 1 fully saturated rings. The second kappa shape index (κ2) is 45.6. The van der Waals surface area contributed by atoms with Crippen LogP contribution in [0.2, 0.25) is 0 Å². The van der Waals surface area contributed by atoms with Crippen LogP contribution in [0.5, 0.6) is 0 Å². The predicted octanol–water partition coefficient (Wildman–Crippen LogP) is 17.4. The number of unbranched alkanes of at least 4 members (excludes halogenated alkanes) is 2. The van der Waals surface area contributed by atoms with Gasteiger partial charge in [0.15, 0.2) is 0 Å². The number of nitrogens with zero attached hydrogens (tertiary/aromatic N) is 6. The number of phosphoric ester groups is 1. The Kier molecular flexibility index (Phi) is 33.4. The number of ether oxygens (including phenoxy) is 3. The Balaban J connectivity index is 0.000000181. The number of hydrogen-bond donors (Lipinski definition) is 12. The number of benzene rings is 6. The van der Waals surface area contributed by atoms with E-state index in [1.807, 2.05) is 110 Å². The minimum atomic E-state index is -4.75. The zero-order valence-corrected chi connectivity index (χ0v) is 93.6. The summed E-state index contributed by atoms with van der Waals surface area (Å²) in [6, 6.07) is 32.2. The number of halogens is 6. The number of aromatic nitrogens is 6. The third-order valence-corrected chi connectivity index (χ3v) is 41.3. The van der Waals surface area contributed by atoms with Gasteiger partial charge in [-0.3, -0.25) is 52.7 Å². The molecule has 35 nitrogen and oxygen atoms in total. The van der Waals surface area contributed by atoms with Crippen molar-refractivity contribution in [2.75, 3.05) is 121 Å². The molecule has 19 rings (SSSR count). The molecule has 6 unspecified atom stereocenters. The molecule has 12 aromatic rings. The number of esters is 1. The molecule has 141 heavy (non-hydrogen) atoms. The fraction of sp³-hybridized carbons (Fsp3) is 0.396. The maximum absolute atomic E-state index is 14.2. The molecular formula is C96H110BI6N17O18P3-. The van der Waals surface area contributed by atoms with Gasteiger partial charge in [0.25, 0.3) is 43.3 Å². The van der Waals surface area contributed by atoms with E-state index in [4.69, 9.17) is 45.1 Å². The predicted molar refractivity (Wildman–Crippen MR) is 606 cm³/mol. The monoisotopic (exact) mass is 2660 g/mol. The van der Waals surface area contributed by atoms with Crippen LogP contribution in [0, 0.1) is 0 Å². The number of carbonyl (C=O) groups excluding carboxylic acids is 10. The molecule has 6 atom stereocenters. The number of nitrogens with two attached hydrogens (primary N) is 2. The molecule has 13 heterocycles. The van der Waals surface area contributed by atoms with Crippen LogP contribution in [0.15, 0.2) is 109 Å². The molecule has 0 aliphatic carbocycles. The van der Waals surface area contributed by atoms with Gasteiger partial charge in [0, 0.05) is 178 Å². The first-order valence-corrected chi connectivity index (χ1v) is 68.9. The molecule has 2 radical (unpaired) electrons. The number of methoxy groups -OCH3 is 1. The van der Waals surface area contributed by atoms with Crippen molar-refractivity contribution in [3.8, 4) is 0 Å². The van der Waals surface area contributed by atoms with Gasteiger partial charge < -0.3 is 110 Å². The number of urea groups is 2. The standard InChI is InChI=1S/C46H50BN8O11P.C46H49N9O7.2C2H6I3P/c1-63-23-41-40(21-42(47)65-41)66-67(61,62)64-22-24(56)4-2-3-14-49-43(57)34-18-28-25-11-15-53(37(25)8-5-31(28)50-34)44(58)35-19-29-26-12-16-54(38(26)9-6-32(29)51-35)45(59)36-20-30-27-13-17-55(46(48)60)39(27)10-7-33(30)52-36;1-3-25(62-42(57)14-13-41(56)48-2)6-4-5-18-49-43(58)35-22-29-26-15-19-53(38(26)10-7-32(29)50-35)44(59)36-23-30-27-16-20-54(39(27)11-8-33(30)51-36)45(60)37-24-31-28-17-21-55(46(47)61)40(28)12-9-34(31)52-37;2*1-2-6(3,4)5/h5-10,18-20,24,40-42,50-52,56H,2-4,11-17,21-23H2,1H3,(H2,48,60)(H,49,57)(H,61,62);7-12,22-25,50-52H,3-6,13-21H2,1-2H3,(H2,47,61)(H,48,56)(H,49,58);2*6H,2H2,1H3/p-1/i;;2*6D. The van der Waals surface area contributed by atoms with Crippen molar-refractivity contribution >= 4 is 307 Å². The molecule has 0 spiro atoms. The summed E-state index contributed by atoms with van der Waals surface area (Å²) in [5.41, 5.74) is 29.3. The number of aliphatic hydroxyl groups excluding tert-OH is 1. The van der Waals surface area contributed by atoms with Crippen LogP contribution in [0.3, 0.4) is 0 Å². The van der Waals surface area contributed by atoms with Crippen LogP contribution in [-0.4, -0.2) is 227 Å². The van der Waals surface area contributed by atoms with E-state index < -0.39 is 51.1 Å². The number of nitrogens with one attached hydrogen (secondary N) is 9. The minimum Gasteiger partial charge on any atom is -0.756 e. The second-order valence-electron chi connectivity index (χ2n) is 35.4. The van der Waals surface area contributed by atoms with Gasteiger partial charge in [0.1, 0.15) is 54.2 Å². The third kappa shape index (κ3) is 24.0. The molecule has 14 N–H and O–H groups in total. The molecule has 7 aliphatic heterocycles. The van der Waals surface area contributed by atoms with Gasteiger partial charge in [-0.05, 0) is 232 Å². The fourth-order valence-corrected chi connectivity index (χ4v) is 20.4. The maximum atomic E-state index is 14.2. The molecule has 0 bridgehead atoms. The number of hydrogen-bond acceptors (Lipinski definition) is 18. The van der Waals surface area contributed by atoms with Crippen molar-refractivity contribution < 1.29 is 85.8 Å². The molecule has 6 aromatic carbocycles. The number of fused-ring (bicyclic) bond motifs is 18. The van der Waals surface area contributed by atoms with Crippen LogP contribution >= 0.6 is 140 Å². The van der Waals surface area contributed by atoms with Gasteiger partial charge in [-0.15, -0.1) is 0 Å². The molecule has 6 aromatic heterocycles. The third-order valence-electron chi connectivity index (χ3n) is 26.6. The largest absolute Gasteiger partial charge is 0.756 e. The van der Waals surface area contributed by atoms with E-state index in [-0.39, 0.29) is 85.7 Å². The molecule has 0 saturated carbocycles. The Morgan fingerprint density at radius 2 is 0.823 bits per heavy atom. The number of primary amides is 2. The van der Waals surface area contributed by atoms with Crippen molar-refractivity contribution in [2.24, 2.45) is 11.5 Å². The number of aliphatic hydroxyl groups is 1. The van der Waals surface area contributed by atoms with E-state index in [9.17, 15) is 62.5 Å². The van der Waals surface area contributed by atoms with Crippen LogP contribution in [-0.2, 0) is 75.9 Å². The molecule has 1 saturated heterocycles. The van der Waals surface area contributed by atoms with E-state index in [0.717, 1.165) is 152 Å². The molecule has 45 heteroatoms. The zero-order valence-electron chi connectivity index (χ0n) is 80.0. The summed E-state index contributed by atoms with van der Waals surface area (Å²) < 4.78 is 49.8.